The maximum atomic E-state index is 13.1. The second-order valence-electron chi connectivity index (χ2n) is 11.4. The van der Waals surface area contributed by atoms with Gasteiger partial charge in [0.25, 0.3) is 5.56 Å². The molecule has 1 atom stereocenters. The van der Waals surface area contributed by atoms with E-state index < -0.39 is 5.41 Å². The number of amides is 2. The predicted octanol–water partition coefficient (Wildman–Crippen LogP) is 5.31. The van der Waals surface area contributed by atoms with Gasteiger partial charge in [0, 0.05) is 60.4 Å². The summed E-state index contributed by atoms with van der Waals surface area (Å²) in [5, 5.41) is 4.41. The average molecular weight is 602 g/mol. The molecule has 0 bridgehead atoms. The Kier molecular flexibility index (Phi) is 8.98. The highest BCUT2D eigenvalue weighted by molar-refractivity contribution is 7.18. The molecule has 0 radical (unpaired) electrons. The number of fused-ring (bicyclic) bond motifs is 2. The average Bonchev–Trinajstić information content (AvgIpc) is 3.39. The summed E-state index contributed by atoms with van der Waals surface area (Å²) in [6, 6.07) is 13.6. The minimum Gasteiger partial charge on any atom is -0.493 e. The molecule has 43 heavy (non-hydrogen) atoms. The summed E-state index contributed by atoms with van der Waals surface area (Å²) in [6.45, 7) is 9.53. The maximum absolute atomic E-state index is 13.1. The van der Waals surface area contributed by atoms with E-state index in [-0.39, 0.29) is 23.4 Å². The molecule has 4 aromatic rings. The zero-order chi connectivity index (χ0) is 30.7. The van der Waals surface area contributed by atoms with Gasteiger partial charge < -0.3 is 24.4 Å². The van der Waals surface area contributed by atoms with Crippen molar-refractivity contribution in [3.63, 3.8) is 0 Å². The van der Waals surface area contributed by atoms with Gasteiger partial charge in [-0.3, -0.25) is 19.4 Å². The van der Waals surface area contributed by atoms with Gasteiger partial charge in [-0.1, -0.05) is 0 Å². The molecule has 10 heteroatoms. The summed E-state index contributed by atoms with van der Waals surface area (Å²) in [5.41, 5.74) is 1.38. The molecule has 3 aromatic heterocycles. The molecule has 1 aliphatic heterocycles. The van der Waals surface area contributed by atoms with Crippen LogP contribution in [0.5, 0.6) is 5.75 Å². The molecule has 0 fully saturated rings. The Bertz CT molecular complexity index is 1680. The zero-order valence-electron chi connectivity index (χ0n) is 25.4. The first-order valence-corrected chi connectivity index (χ1v) is 15.5. The van der Waals surface area contributed by atoms with Crippen LogP contribution in [-0.4, -0.2) is 48.1 Å². The molecule has 0 spiro atoms. The first-order chi connectivity index (χ1) is 20.6. The fourth-order valence-corrected chi connectivity index (χ4v) is 6.55. The van der Waals surface area contributed by atoms with Crippen LogP contribution in [0, 0.1) is 12.3 Å². The third kappa shape index (κ3) is 6.21. The van der Waals surface area contributed by atoms with Gasteiger partial charge in [-0.2, -0.15) is 0 Å². The molecule has 226 valence electrons. The zero-order valence-corrected chi connectivity index (χ0v) is 26.2. The molecule has 0 saturated carbocycles. The lowest BCUT2D eigenvalue weighted by Gasteiger charge is -2.27. The predicted molar refractivity (Wildman–Crippen MR) is 172 cm³/mol. The normalized spacial score (nSPS) is 15.5. The van der Waals surface area contributed by atoms with E-state index in [4.69, 9.17) is 4.74 Å². The van der Waals surface area contributed by atoms with Crippen LogP contribution in [-0.2, 0) is 16.1 Å². The first kappa shape index (κ1) is 30.4. The largest absolute Gasteiger partial charge is 0.493 e. The lowest BCUT2D eigenvalue weighted by molar-refractivity contribution is -0.137. The molecule has 1 N–H and O–H groups in total. The van der Waals surface area contributed by atoms with E-state index in [9.17, 15) is 14.4 Å². The van der Waals surface area contributed by atoms with Gasteiger partial charge in [0.15, 0.2) is 0 Å². The number of rotatable bonds is 11. The van der Waals surface area contributed by atoms with Crippen LogP contribution < -0.4 is 25.4 Å². The Morgan fingerprint density at radius 2 is 1.79 bits per heavy atom. The molecule has 0 saturated heterocycles. The number of pyridine rings is 2. The maximum Gasteiger partial charge on any atom is 0.259 e. The molecule has 1 unspecified atom stereocenters. The number of aromatic nitrogens is 2. The monoisotopic (exact) mass is 601 g/mol. The molecule has 1 aromatic carbocycles. The van der Waals surface area contributed by atoms with Crippen LogP contribution in [0.15, 0.2) is 65.8 Å². The summed E-state index contributed by atoms with van der Waals surface area (Å²) in [6.07, 6.45) is 6.95. The number of thiophene rings is 1. The Morgan fingerprint density at radius 3 is 2.53 bits per heavy atom. The van der Waals surface area contributed by atoms with Crippen molar-refractivity contribution in [2.24, 2.45) is 5.41 Å². The van der Waals surface area contributed by atoms with Crippen molar-refractivity contribution in [2.75, 3.05) is 36.5 Å². The van der Waals surface area contributed by atoms with Gasteiger partial charge in [-0.05, 0) is 89.0 Å². The van der Waals surface area contributed by atoms with E-state index in [1.165, 1.54) is 0 Å². The quantitative estimate of drug-likeness (QED) is 0.185. The number of aryl methyl sites for hydroxylation is 2. The lowest BCUT2D eigenvalue weighted by atomic mass is 9.90. The summed E-state index contributed by atoms with van der Waals surface area (Å²) < 4.78 is 8.90. The van der Waals surface area contributed by atoms with Crippen molar-refractivity contribution in [1.29, 1.82) is 0 Å². The van der Waals surface area contributed by atoms with E-state index >= 15 is 0 Å². The van der Waals surface area contributed by atoms with Gasteiger partial charge in [-0.25, -0.2) is 0 Å². The van der Waals surface area contributed by atoms with E-state index in [1.807, 2.05) is 62.5 Å². The van der Waals surface area contributed by atoms with Crippen molar-refractivity contribution in [1.82, 2.24) is 14.9 Å². The number of benzene rings is 1. The lowest BCUT2D eigenvalue weighted by Crippen LogP contribution is -2.47. The SMILES string of the molecule is CCN1C(=O)C(C)(C)C(=O)N(C)c2cc(OCCCNC(CCn3ccc4sc(C)cc4c3=O)c3ccncc3)ccc21. The molecule has 2 amide bonds. The van der Waals surface area contributed by atoms with Crippen LogP contribution in [0.1, 0.15) is 50.1 Å². The molecule has 5 rings (SSSR count). The highest BCUT2D eigenvalue weighted by Crippen LogP contribution is 2.40. The topological polar surface area (TPSA) is 96.8 Å². The number of anilines is 2. The van der Waals surface area contributed by atoms with Gasteiger partial charge >= 0.3 is 0 Å². The van der Waals surface area contributed by atoms with Crippen molar-refractivity contribution >= 4 is 44.6 Å². The number of nitrogens with one attached hydrogen (secondary N) is 1. The number of hydrogen-bond acceptors (Lipinski definition) is 7. The molecule has 1 aliphatic rings. The second-order valence-corrected chi connectivity index (χ2v) is 12.7. The number of carbonyl (C=O) groups is 2. The number of hydrogen-bond donors (Lipinski definition) is 1. The smallest absolute Gasteiger partial charge is 0.259 e. The van der Waals surface area contributed by atoms with Crippen LogP contribution in [0.25, 0.3) is 10.1 Å². The minimum atomic E-state index is -1.15. The highest BCUT2D eigenvalue weighted by atomic mass is 32.1. The summed E-state index contributed by atoms with van der Waals surface area (Å²) in [4.78, 5) is 47.8. The first-order valence-electron chi connectivity index (χ1n) is 14.7. The standard InChI is InChI=1S/C33H39N5O4S/c1-6-38-27-9-8-24(21-28(27)36(5)31(40)33(3,4)32(38)41)42-19-7-14-35-26(23-10-15-34-16-11-23)12-17-37-18-13-29-25(30(37)39)20-22(2)43-29/h8-11,13,15-16,18,20-21,26,35H,6-7,12,14,17,19H2,1-5H3. The fourth-order valence-electron chi connectivity index (χ4n) is 5.64. The van der Waals surface area contributed by atoms with E-state index in [1.54, 1.807) is 59.0 Å². The van der Waals surface area contributed by atoms with Crippen molar-refractivity contribution in [3.05, 3.63) is 81.8 Å². The van der Waals surface area contributed by atoms with Gasteiger partial charge in [0.1, 0.15) is 11.2 Å². The Balaban J connectivity index is 1.21. The molecule has 0 aliphatic carbocycles. The summed E-state index contributed by atoms with van der Waals surface area (Å²) >= 11 is 1.64. The minimum absolute atomic E-state index is 0.0443. The third-order valence-electron chi connectivity index (χ3n) is 8.06. The Hall–Kier alpha value is -4.02. The molecule has 9 nitrogen and oxygen atoms in total. The number of ether oxygens (including phenoxy) is 1. The third-order valence-corrected chi connectivity index (χ3v) is 9.08. The Labute approximate surface area is 256 Å². The molecular weight excluding hydrogens is 562 g/mol. The Morgan fingerprint density at radius 1 is 1.02 bits per heavy atom. The van der Waals surface area contributed by atoms with Crippen LogP contribution >= 0.6 is 11.3 Å². The second kappa shape index (κ2) is 12.7. The highest BCUT2D eigenvalue weighted by Gasteiger charge is 2.45. The molecule has 4 heterocycles. The van der Waals surface area contributed by atoms with E-state index in [0.717, 1.165) is 33.4 Å². The number of nitrogens with zero attached hydrogens (tertiary/aromatic N) is 4. The van der Waals surface area contributed by atoms with Crippen LogP contribution in [0.4, 0.5) is 11.4 Å². The fraction of sp³-hybridized carbons (Fsp3) is 0.394. The van der Waals surface area contributed by atoms with Gasteiger partial charge in [0.2, 0.25) is 11.8 Å². The summed E-state index contributed by atoms with van der Waals surface area (Å²) in [5.74, 6) is 0.192. The van der Waals surface area contributed by atoms with E-state index in [0.29, 0.717) is 43.4 Å². The van der Waals surface area contributed by atoms with Crippen molar-refractivity contribution in [3.8, 4) is 5.75 Å². The summed E-state index contributed by atoms with van der Waals surface area (Å²) in [7, 11) is 1.70. The molecular formula is C33H39N5O4S. The number of carbonyl (C=O) groups excluding carboxylic acids is 2. The van der Waals surface area contributed by atoms with Crippen LogP contribution in [0.2, 0.25) is 0 Å². The van der Waals surface area contributed by atoms with E-state index in [2.05, 4.69) is 10.3 Å². The van der Waals surface area contributed by atoms with Crippen LogP contribution in [0.3, 0.4) is 0 Å². The van der Waals surface area contributed by atoms with Crippen molar-refractivity contribution in [2.45, 2.75) is 53.1 Å². The van der Waals surface area contributed by atoms with Gasteiger partial charge in [-0.15, -0.1) is 11.3 Å². The van der Waals surface area contributed by atoms with Crippen molar-refractivity contribution < 1.29 is 14.3 Å². The van der Waals surface area contributed by atoms with Gasteiger partial charge in [0.05, 0.1) is 23.4 Å².